The highest BCUT2D eigenvalue weighted by atomic mass is 16.2. The van der Waals surface area contributed by atoms with Crippen LogP contribution in [0.5, 0.6) is 0 Å². The Bertz CT molecular complexity index is 489. The van der Waals surface area contributed by atoms with Crippen LogP contribution in [-0.4, -0.2) is 26.9 Å². The summed E-state index contributed by atoms with van der Waals surface area (Å²) in [6.07, 6.45) is 6.50. The van der Waals surface area contributed by atoms with Crippen LogP contribution in [-0.2, 0) is 9.59 Å². The fraction of sp³-hybridized carbons (Fsp3) is 0.615. The van der Waals surface area contributed by atoms with Gasteiger partial charge in [-0.2, -0.15) is 0 Å². The van der Waals surface area contributed by atoms with Crippen LogP contribution in [0.15, 0.2) is 12.4 Å². The van der Waals surface area contributed by atoms with Crippen LogP contribution >= 0.6 is 0 Å². The van der Waals surface area contributed by atoms with Crippen LogP contribution in [0.1, 0.15) is 44.5 Å². The van der Waals surface area contributed by atoms with Crippen LogP contribution in [0.2, 0.25) is 0 Å². The van der Waals surface area contributed by atoms with Crippen molar-refractivity contribution in [1.82, 2.24) is 14.9 Å². The third kappa shape index (κ3) is 2.47. The summed E-state index contributed by atoms with van der Waals surface area (Å²) in [4.78, 5) is 28.0. The minimum absolute atomic E-state index is 0.193. The first-order chi connectivity index (χ1) is 8.96. The van der Waals surface area contributed by atoms with E-state index in [1.807, 2.05) is 6.92 Å². The predicted octanol–water partition coefficient (Wildman–Crippen LogP) is 0.667. The maximum Gasteiger partial charge on any atom is 0.243 e. The van der Waals surface area contributed by atoms with Gasteiger partial charge in [-0.15, -0.1) is 0 Å². The molecule has 0 unspecified atom stereocenters. The molecule has 6 heteroatoms. The lowest BCUT2D eigenvalue weighted by Crippen LogP contribution is -2.56. The lowest BCUT2D eigenvalue weighted by atomic mass is 9.96. The summed E-state index contributed by atoms with van der Waals surface area (Å²) in [5.41, 5.74) is 4.60. The molecule has 1 aromatic rings. The number of nitrogens with two attached hydrogens (primary N) is 1. The number of carbonyl (C=O) groups excluding carboxylic acids is 2. The lowest BCUT2D eigenvalue weighted by Gasteiger charge is -2.28. The molecule has 1 aliphatic carbocycles. The number of hydrogen-bond donors (Lipinski definition) is 2. The van der Waals surface area contributed by atoms with Crippen LogP contribution < -0.4 is 11.1 Å². The zero-order chi connectivity index (χ0) is 14.0. The summed E-state index contributed by atoms with van der Waals surface area (Å²) in [7, 11) is 0. The third-order valence-corrected chi connectivity index (χ3v) is 3.95. The van der Waals surface area contributed by atoms with Crippen molar-refractivity contribution < 1.29 is 9.59 Å². The maximum atomic E-state index is 12.3. The highest BCUT2D eigenvalue weighted by molar-refractivity contribution is 5.91. The summed E-state index contributed by atoms with van der Waals surface area (Å²) in [5.74, 6) is 0.136. The standard InChI is InChI=1S/C13H20N4O2/c1-9(17-8-7-15-10(17)2)11(18)16-13(12(14)19)5-3-4-6-13/h7-9H,3-6H2,1-2H3,(H2,14,19)(H,16,18)/t9-/m0/s1. The van der Waals surface area contributed by atoms with Crippen molar-refractivity contribution >= 4 is 11.8 Å². The van der Waals surface area contributed by atoms with E-state index in [-0.39, 0.29) is 5.91 Å². The molecule has 0 saturated heterocycles. The zero-order valence-corrected chi connectivity index (χ0v) is 11.3. The zero-order valence-electron chi connectivity index (χ0n) is 11.3. The van der Waals surface area contributed by atoms with Gasteiger partial charge in [0.05, 0.1) is 0 Å². The Morgan fingerprint density at radius 2 is 2.11 bits per heavy atom. The van der Waals surface area contributed by atoms with E-state index >= 15 is 0 Å². The highest BCUT2D eigenvalue weighted by Crippen LogP contribution is 2.30. The van der Waals surface area contributed by atoms with Crippen LogP contribution in [0, 0.1) is 6.92 Å². The predicted molar refractivity (Wildman–Crippen MR) is 70.2 cm³/mol. The Morgan fingerprint density at radius 1 is 1.47 bits per heavy atom. The van der Waals surface area contributed by atoms with Crippen LogP contribution in [0.25, 0.3) is 0 Å². The number of hydrogen-bond acceptors (Lipinski definition) is 3. The molecular weight excluding hydrogens is 244 g/mol. The number of aromatic nitrogens is 2. The average molecular weight is 264 g/mol. The molecule has 0 aliphatic heterocycles. The van der Waals surface area contributed by atoms with Gasteiger partial charge in [-0.1, -0.05) is 12.8 Å². The largest absolute Gasteiger partial charge is 0.368 e. The molecule has 3 N–H and O–H groups in total. The molecule has 0 bridgehead atoms. The Morgan fingerprint density at radius 3 is 2.58 bits per heavy atom. The smallest absolute Gasteiger partial charge is 0.243 e. The van der Waals surface area contributed by atoms with E-state index in [1.165, 1.54) is 0 Å². The molecule has 6 nitrogen and oxygen atoms in total. The number of imidazole rings is 1. The molecule has 1 aliphatic rings. The van der Waals surface area contributed by atoms with Gasteiger partial charge in [-0.05, 0) is 26.7 Å². The van der Waals surface area contributed by atoms with E-state index in [9.17, 15) is 9.59 Å². The number of nitrogens with zero attached hydrogens (tertiary/aromatic N) is 2. The fourth-order valence-electron chi connectivity index (χ4n) is 2.68. The summed E-state index contributed by atoms with van der Waals surface area (Å²) in [6, 6.07) is -0.403. The number of nitrogens with one attached hydrogen (secondary N) is 1. The second-order valence-electron chi connectivity index (χ2n) is 5.20. The minimum atomic E-state index is -0.861. The molecule has 1 aromatic heterocycles. The summed E-state index contributed by atoms with van der Waals surface area (Å²) in [5, 5.41) is 2.84. The molecular formula is C13H20N4O2. The number of aryl methyl sites for hydroxylation is 1. The molecule has 1 saturated carbocycles. The first-order valence-electron chi connectivity index (χ1n) is 6.58. The van der Waals surface area contributed by atoms with E-state index in [2.05, 4.69) is 10.3 Å². The highest BCUT2D eigenvalue weighted by Gasteiger charge is 2.41. The van der Waals surface area contributed by atoms with Gasteiger partial charge in [0.25, 0.3) is 0 Å². The van der Waals surface area contributed by atoms with Gasteiger partial charge in [-0.25, -0.2) is 4.98 Å². The van der Waals surface area contributed by atoms with Gasteiger partial charge in [0, 0.05) is 12.4 Å². The molecule has 1 atom stereocenters. The summed E-state index contributed by atoms with van der Waals surface area (Å²) < 4.78 is 1.78. The molecule has 1 fully saturated rings. The van der Waals surface area contributed by atoms with E-state index < -0.39 is 17.5 Å². The van der Waals surface area contributed by atoms with E-state index in [0.29, 0.717) is 12.8 Å². The van der Waals surface area contributed by atoms with Gasteiger partial charge in [0.1, 0.15) is 17.4 Å². The van der Waals surface area contributed by atoms with Gasteiger partial charge in [0.2, 0.25) is 11.8 Å². The lowest BCUT2D eigenvalue weighted by molar-refractivity contribution is -0.133. The van der Waals surface area contributed by atoms with Gasteiger partial charge >= 0.3 is 0 Å². The Kier molecular flexibility index (Phi) is 3.59. The second-order valence-corrected chi connectivity index (χ2v) is 5.20. The minimum Gasteiger partial charge on any atom is -0.368 e. The third-order valence-electron chi connectivity index (χ3n) is 3.95. The Hall–Kier alpha value is -1.85. The van der Waals surface area contributed by atoms with Crippen molar-refractivity contribution in [2.45, 2.75) is 51.1 Å². The molecule has 2 amide bonds. The Balaban J connectivity index is 2.12. The van der Waals surface area contributed by atoms with Crippen molar-refractivity contribution in [3.05, 3.63) is 18.2 Å². The first kappa shape index (κ1) is 13.6. The molecule has 0 radical (unpaired) electrons. The molecule has 104 valence electrons. The summed E-state index contributed by atoms with van der Waals surface area (Å²) >= 11 is 0. The molecule has 0 spiro atoms. The van der Waals surface area contributed by atoms with E-state index in [0.717, 1.165) is 18.7 Å². The fourth-order valence-corrected chi connectivity index (χ4v) is 2.68. The van der Waals surface area contributed by atoms with Crippen LogP contribution in [0.3, 0.4) is 0 Å². The first-order valence-corrected chi connectivity index (χ1v) is 6.58. The van der Waals surface area contributed by atoms with Gasteiger partial charge < -0.3 is 15.6 Å². The van der Waals surface area contributed by atoms with Gasteiger partial charge in [0.15, 0.2) is 0 Å². The molecule has 1 heterocycles. The van der Waals surface area contributed by atoms with Crippen LogP contribution in [0.4, 0.5) is 0 Å². The number of carbonyl (C=O) groups is 2. The molecule has 19 heavy (non-hydrogen) atoms. The van der Waals surface area contributed by atoms with Crippen molar-refractivity contribution in [3.63, 3.8) is 0 Å². The number of rotatable bonds is 4. The van der Waals surface area contributed by atoms with Crippen molar-refractivity contribution in [1.29, 1.82) is 0 Å². The van der Waals surface area contributed by atoms with Gasteiger partial charge in [-0.3, -0.25) is 9.59 Å². The van der Waals surface area contributed by atoms with E-state index in [4.69, 9.17) is 5.73 Å². The molecule has 2 rings (SSSR count). The second kappa shape index (κ2) is 5.03. The number of primary amides is 1. The average Bonchev–Trinajstić information content (AvgIpc) is 2.98. The Labute approximate surface area is 112 Å². The quantitative estimate of drug-likeness (QED) is 0.837. The monoisotopic (exact) mass is 264 g/mol. The topological polar surface area (TPSA) is 90.0 Å². The van der Waals surface area contributed by atoms with E-state index in [1.54, 1.807) is 23.9 Å². The normalized spacial score (nSPS) is 19.1. The van der Waals surface area contributed by atoms with Crippen molar-refractivity contribution in [2.24, 2.45) is 5.73 Å². The number of amides is 2. The summed E-state index contributed by atoms with van der Waals surface area (Å²) in [6.45, 7) is 3.62. The van der Waals surface area contributed by atoms with Crippen molar-refractivity contribution in [3.8, 4) is 0 Å². The molecule has 0 aromatic carbocycles. The SMILES string of the molecule is Cc1nccn1[C@@H](C)C(=O)NC1(C(N)=O)CCCC1. The maximum absolute atomic E-state index is 12.3. The van der Waals surface area contributed by atoms with Crippen molar-refractivity contribution in [2.75, 3.05) is 0 Å².